The molecule has 0 radical (unpaired) electrons. The van der Waals surface area contributed by atoms with Gasteiger partial charge in [-0.25, -0.2) is 9.18 Å². The number of amides is 1. The maximum absolute atomic E-state index is 13.4. The van der Waals surface area contributed by atoms with Gasteiger partial charge in [-0.05, 0) is 48.0 Å². The first-order valence-electron chi connectivity index (χ1n) is 9.72. The molecule has 32 heavy (non-hydrogen) atoms. The third kappa shape index (κ3) is 3.65. The lowest BCUT2D eigenvalue weighted by molar-refractivity contribution is -0.132. The van der Waals surface area contributed by atoms with Crippen molar-refractivity contribution in [1.82, 2.24) is 0 Å². The van der Waals surface area contributed by atoms with E-state index in [-0.39, 0.29) is 16.7 Å². The van der Waals surface area contributed by atoms with Crippen LogP contribution in [-0.4, -0.2) is 29.9 Å². The minimum atomic E-state index is -0.950. The molecule has 1 heterocycles. The molecule has 0 aliphatic carbocycles. The number of ether oxygens (including phenoxy) is 1. The fourth-order valence-corrected chi connectivity index (χ4v) is 3.71. The molecule has 0 bridgehead atoms. The van der Waals surface area contributed by atoms with Gasteiger partial charge in [0, 0.05) is 11.3 Å². The van der Waals surface area contributed by atoms with Gasteiger partial charge in [0.25, 0.3) is 11.7 Å². The number of aliphatic hydroxyl groups excluding tert-OH is 1. The molecule has 3 aromatic carbocycles. The van der Waals surface area contributed by atoms with Crippen molar-refractivity contribution in [3.05, 3.63) is 107 Å². The zero-order valence-electron chi connectivity index (χ0n) is 17.0. The lowest BCUT2D eigenvalue weighted by Gasteiger charge is -2.25. The highest BCUT2D eigenvalue weighted by Crippen LogP contribution is 2.42. The predicted octanol–water partition coefficient (Wildman–Crippen LogP) is 4.24. The number of hydrogen-bond acceptors (Lipinski definition) is 5. The van der Waals surface area contributed by atoms with Crippen molar-refractivity contribution in [1.29, 1.82) is 0 Å². The number of carbonyl (C=O) groups is 3. The number of anilines is 1. The van der Waals surface area contributed by atoms with Crippen LogP contribution in [0.1, 0.15) is 27.5 Å². The molecule has 160 valence electrons. The first-order chi connectivity index (χ1) is 15.4. The first-order valence-corrected chi connectivity index (χ1v) is 9.72. The minimum Gasteiger partial charge on any atom is -0.507 e. The van der Waals surface area contributed by atoms with Crippen LogP contribution in [0.2, 0.25) is 0 Å². The van der Waals surface area contributed by atoms with Crippen molar-refractivity contribution in [2.24, 2.45) is 0 Å². The highest BCUT2D eigenvalue weighted by atomic mass is 19.1. The second kappa shape index (κ2) is 8.47. The molecule has 1 saturated heterocycles. The van der Waals surface area contributed by atoms with Crippen LogP contribution < -0.4 is 4.90 Å². The van der Waals surface area contributed by atoms with Gasteiger partial charge >= 0.3 is 5.97 Å². The summed E-state index contributed by atoms with van der Waals surface area (Å²) in [6.07, 6.45) is 0. The van der Waals surface area contributed by atoms with E-state index in [0.29, 0.717) is 11.3 Å². The smallest absolute Gasteiger partial charge is 0.337 e. The maximum Gasteiger partial charge on any atom is 0.337 e. The summed E-state index contributed by atoms with van der Waals surface area (Å²) in [6.45, 7) is 0. The molecular weight excluding hydrogens is 413 g/mol. The summed E-state index contributed by atoms with van der Waals surface area (Å²) in [6, 6.07) is 18.9. The molecule has 1 unspecified atom stereocenters. The van der Waals surface area contributed by atoms with E-state index in [1.54, 1.807) is 42.5 Å². The highest BCUT2D eigenvalue weighted by Gasteiger charge is 2.47. The Morgan fingerprint density at radius 2 is 1.62 bits per heavy atom. The van der Waals surface area contributed by atoms with E-state index in [4.69, 9.17) is 4.74 Å². The number of esters is 1. The fourth-order valence-electron chi connectivity index (χ4n) is 3.71. The van der Waals surface area contributed by atoms with Crippen molar-refractivity contribution in [2.75, 3.05) is 12.0 Å². The van der Waals surface area contributed by atoms with Crippen LogP contribution in [0.5, 0.6) is 0 Å². The Labute approximate surface area is 183 Å². The number of methoxy groups -OCH3 is 1. The van der Waals surface area contributed by atoms with E-state index in [0.717, 1.165) is 12.1 Å². The van der Waals surface area contributed by atoms with Gasteiger partial charge in [0.2, 0.25) is 0 Å². The van der Waals surface area contributed by atoms with Crippen molar-refractivity contribution in [3.8, 4) is 0 Å². The average Bonchev–Trinajstić information content (AvgIpc) is 3.09. The third-order valence-electron chi connectivity index (χ3n) is 5.22. The Morgan fingerprint density at radius 1 is 0.938 bits per heavy atom. The van der Waals surface area contributed by atoms with Crippen LogP contribution >= 0.6 is 0 Å². The van der Waals surface area contributed by atoms with Gasteiger partial charge < -0.3 is 9.84 Å². The molecule has 1 fully saturated rings. The Morgan fingerprint density at radius 3 is 2.28 bits per heavy atom. The zero-order chi connectivity index (χ0) is 22.8. The van der Waals surface area contributed by atoms with E-state index in [9.17, 15) is 23.9 Å². The monoisotopic (exact) mass is 431 g/mol. The second-order valence-electron chi connectivity index (χ2n) is 7.13. The summed E-state index contributed by atoms with van der Waals surface area (Å²) < 4.78 is 18.1. The first kappa shape index (κ1) is 21.0. The van der Waals surface area contributed by atoms with Crippen molar-refractivity contribution >= 4 is 29.1 Å². The Hall–Kier alpha value is -4.26. The highest BCUT2D eigenvalue weighted by molar-refractivity contribution is 6.51. The number of nitrogens with zero attached hydrogens (tertiary/aromatic N) is 1. The van der Waals surface area contributed by atoms with E-state index < -0.39 is 35.3 Å². The molecule has 1 aliphatic rings. The molecule has 7 heteroatoms. The molecule has 1 aliphatic heterocycles. The fraction of sp³-hybridized carbons (Fsp3) is 0.0800. The second-order valence-corrected chi connectivity index (χ2v) is 7.13. The van der Waals surface area contributed by atoms with E-state index in [1.807, 2.05) is 0 Å². The number of Topliss-reactive ketones (excluding diaryl/α,β-unsaturated/α-hetero) is 1. The molecule has 1 N–H and O–H groups in total. The van der Waals surface area contributed by atoms with Crippen LogP contribution in [0.4, 0.5) is 10.1 Å². The normalized spacial score (nSPS) is 17.4. The number of carbonyl (C=O) groups excluding carboxylic acids is 3. The lowest BCUT2D eigenvalue weighted by Crippen LogP contribution is -2.29. The van der Waals surface area contributed by atoms with Gasteiger partial charge in [0.15, 0.2) is 0 Å². The summed E-state index contributed by atoms with van der Waals surface area (Å²) >= 11 is 0. The molecular formula is C25H18FNO5. The molecule has 1 atom stereocenters. The number of aliphatic hydroxyl groups is 1. The van der Waals surface area contributed by atoms with Gasteiger partial charge in [-0.3, -0.25) is 14.5 Å². The number of ketones is 1. The summed E-state index contributed by atoms with van der Waals surface area (Å²) in [5.41, 5.74) is 1.16. The lowest BCUT2D eigenvalue weighted by atomic mass is 9.95. The van der Waals surface area contributed by atoms with Gasteiger partial charge in [-0.1, -0.05) is 36.4 Å². The van der Waals surface area contributed by atoms with Crippen LogP contribution in [0, 0.1) is 5.82 Å². The summed E-state index contributed by atoms with van der Waals surface area (Å²) in [7, 11) is 1.24. The van der Waals surface area contributed by atoms with E-state index in [2.05, 4.69) is 0 Å². The quantitative estimate of drug-likeness (QED) is 0.289. The van der Waals surface area contributed by atoms with Gasteiger partial charge in [-0.15, -0.1) is 0 Å². The van der Waals surface area contributed by atoms with Crippen molar-refractivity contribution in [2.45, 2.75) is 6.04 Å². The van der Waals surface area contributed by atoms with Gasteiger partial charge in [-0.2, -0.15) is 0 Å². The number of rotatable bonds is 4. The van der Waals surface area contributed by atoms with Crippen LogP contribution in [-0.2, 0) is 14.3 Å². The topological polar surface area (TPSA) is 83.9 Å². The van der Waals surface area contributed by atoms with Gasteiger partial charge in [0.05, 0.1) is 24.3 Å². The molecule has 6 nitrogen and oxygen atoms in total. The molecule has 3 aromatic rings. The van der Waals surface area contributed by atoms with E-state index in [1.165, 1.54) is 36.3 Å². The molecule has 4 rings (SSSR count). The largest absolute Gasteiger partial charge is 0.507 e. The Bertz CT molecular complexity index is 1230. The number of halogens is 1. The molecule has 0 saturated carbocycles. The Kier molecular flexibility index (Phi) is 5.55. The SMILES string of the molecule is COC(=O)c1cccc(N2C(=O)C(=O)/C(=C(/O)c3ccc(F)cc3)C2c2ccccc2)c1. The van der Waals surface area contributed by atoms with Crippen LogP contribution in [0.25, 0.3) is 5.76 Å². The van der Waals surface area contributed by atoms with Crippen molar-refractivity contribution in [3.63, 3.8) is 0 Å². The number of benzene rings is 3. The van der Waals surface area contributed by atoms with Crippen LogP contribution in [0.3, 0.4) is 0 Å². The summed E-state index contributed by atoms with van der Waals surface area (Å²) in [5.74, 6) is -3.25. The minimum absolute atomic E-state index is 0.128. The molecule has 1 amide bonds. The van der Waals surface area contributed by atoms with E-state index >= 15 is 0 Å². The third-order valence-corrected chi connectivity index (χ3v) is 5.22. The average molecular weight is 431 g/mol. The molecule has 0 spiro atoms. The predicted molar refractivity (Wildman–Crippen MR) is 115 cm³/mol. The number of hydrogen-bond donors (Lipinski definition) is 1. The molecule has 0 aromatic heterocycles. The zero-order valence-corrected chi connectivity index (χ0v) is 17.0. The Balaban J connectivity index is 1.92. The van der Waals surface area contributed by atoms with Crippen molar-refractivity contribution < 1.29 is 28.6 Å². The van der Waals surface area contributed by atoms with Crippen LogP contribution in [0.15, 0.2) is 84.4 Å². The maximum atomic E-state index is 13.4. The van der Waals surface area contributed by atoms with Gasteiger partial charge in [0.1, 0.15) is 11.6 Å². The summed E-state index contributed by atoms with van der Waals surface area (Å²) in [4.78, 5) is 39.4. The standard InChI is InChI=1S/C25H18FNO5/c1-32-25(31)17-8-5-9-19(14-17)27-21(15-6-3-2-4-7-15)20(23(29)24(27)30)22(28)16-10-12-18(26)13-11-16/h2-14,21,28H,1H3/b22-20+. The summed E-state index contributed by atoms with van der Waals surface area (Å²) in [5, 5.41) is 11.0.